The van der Waals surface area contributed by atoms with Crippen molar-refractivity contribution in [2.75, 3.05) is 26.5 Å². The van der Waals surface area contributed by atoms with Crippen molar-refractivity contribution in [3.63, 3.8) is 0 Å². The Morgan fingerprint density at radius 2 is 1.19 bits per heavy atom. The van der Waals surface area contributed by atoms with Crippen LogP contribution in [0.4, 0.5) is 13.2 Å². The first-order chi connectivity index (χ1) is 25.1. The number of sulfone groups is 1. The molecule has 0 aromatic heterocycles. The Bertz CT molecular complexity index is 2280. The number of sulfonamides is 1. The predicted octanol–water partition coefficient (Wildman–Crippen LogP) is 6.65. The van der Waals surface area contributed by atoms with Gasteiger partial charge in [-0.05, 0) is 64.2 Å². The van der Waals surface area contributed by atoms with Crippen LogP contribution >= 0.6 is 0 Å². The Labute approximate surface area is 306 Å². The number of carbonyl (C=O) groups is 2. The van der Waals surface area contributed by atoms with Crippen LogP contribution in [0.15, 0.2) is 137 Å². The van der Waals surface area contributed by atoms with E-state index in [0.29, 0.717) is 16.7 Å². The molecule has 0 unspecified atom stereocenters. The summed E-state index contributed by atoms with van der Waals surface area (Å²) in [5.41, 5.74) is 2.89. The zero-order valence-corrected chi connectivity index (χ0v) is 30.2. The van der Waals surface area contributed by atoms with E-state index in [1.54, 1.807) is 12.1 Å². The predicted molar refractivity (Wildman–Crippen MR) is 194 cm³/mol. The van der Waals surface area contributed by atoms with Crippen molar-refractivity contribution < 1.29 is 44.3 Å². The number of esters is 1. The fourth-order valence-electron chi connectivity index (χ4n) is 5.72. The number of ether oxygens (including phenoxy) is 1. The van der Waals surface area contributed by atoms with E-state index in [1.807, 2.05) is 54.6 Å². The largest absolute Gasteiger partial charge is 0.467 e. The maximum absolute atomic E-state index is 14.2. The summed E-state index contributed by atoms with van der Waals surface area (Å²) >= 11 is 0. The molecule has 53 heavy (non-hydrogen) atoms. The highest BCUT2D eigenvalue weighted by Crippen LogP contribution is 2.31. The fourth-order valence-corrected chi connectivity index (χ4v) is 8.37. The SMILES string of the molecule is COC(=O)[C@H](Cc1ccc(-c2ccccc2)cc1)N(CCNS(=O)(=O)c1ccccc1S(C)(=O)=O)C(=O)c1ccc(-c2ccc(C(F)(F)F)cc2)cc1. The van der Waals surface area contributed by atoms with Crippen LogP contribution < -0.4 is 4.72 Å². The third-order valence-electron chi connectivity index (χ3n) is 8.46. The lowest BCUT2D eigenvalue weighted by molar-refractivity contribution is -0.146. The van der Waals surface area contributed by atoms with Gasteiger partial charge in [0.2, 0.25) is 10.0 Å². The maximum Gasteiger partial charge on any atom is 0.416 e. The number of methoxy groups -OCH3 is 1. The molecule has 0 saturated heterocycles. The Morgan fingerprint density at radius 3 is 1.72 bits per heavy atom. The number of hydrogen-bond donors (Lipinski definition) is 1. The van der Waals surface area contributed by atoms with Crippen molar-refractivity contribution in [1.29, 1.82) is 0 Å². The zero-order chi connectivity index (χ0) is 38.4. The molecule has 0 fully saturated rings. The highest BCUT2D eigenvalue weighted by atomic mass is 32.2. The molecule has 0 aliphatic rings. The van der Waals surface area contributed by atoms with E-state index < -0.39 is 65.9 Å². The minimum atomic E-state index is -4.50. The van der Waals surface area contributed by atoms with Crippen molar-refractivity contribution >= 4 is 31.7 Å². The summed E-state index contributed by atoms with van der Waals surface area (Å²) < 4.78 is 98.0. The summed E-state index contributed by atoms with van der Waals surface area (Å²) in [6.07, 6.45) is -3.61. The molecule has 1 N–H and O–H groups in total. The number of rotatable bonds is 13. The molecule has 0 aliphatic heterocycles. The Kier molecular flexibility index (Phi) is 11.9. The molecule has 1 atom stereocenters. The lowest BCUT2D eigenvalue weighted by atomic mass is 9.99. The van der Waals surface area contributed by atoms with Gasteiger partial charge >= 0.3 is 12.1 Å². The van der Waals surface area contributed by atoms with Crippen LogP contribution in [0.25, 0.3) is 22.3 Å². The first-order valence-corrected chi connectivity index (χ1v) is 19.6. The van der Waals surface area contributed by atoms with Crippen LogP contribution in [0.2, 0.25) is 0 Å². The van der Waals surface area contributed by atoms with Crippen LogP contribution in [0, 0.1) is 0 Å². The zero-order valence-electron chi connectivity index (χ0n) is 28.6. The minimum Gasteiger partial charge on any atom is -0.467 e. The Morgan fingerprint density at radius 1 is 0.698 bits per heavy atom. The second kappa shape index (κ2) is 16.1. The number of nitrogens with one attached hydrogen (secondary N) is 1. The molecule has 5 aromatic rings. The second-order valence-corrected chi connectivity index (χ2v) is 15.8. The molecule has 9 nitrogen and oxygen atoms in total. The Balaban J connectivity index is 1.45. The van der Waals surface area contributed by atoms with Gasteiger partial charge in [0.05, 0.1) is 17.6 Å². The van der Waals surface area contributed by atoms with Crippen molar-refractivity contribution in [2.24, 2.45) is 0 Å². The molecule has 5 aromatic carbocycles. The smallest absolute Gasteiger partial charge is 0.416 e. The molecule has 5 rings (SSSR count). The molecular formula is C39H35F3N2O7S2. The van der Waals surface area contributed by atoms with E-state index >= 15 is 0 Å². The quantitative estimate of drug-likeness (QED) is 0.133. The summed E-state index contributed by atoms with van der Waals surface area (Å²) in [5, 5.41) is 0. The highest BCUT2D eigenvalue weighted by Gasteiger charge is 2.33. The van der Waals surface area contributed by atoms with E-state index in [2.05, 4.69) is 4.72 Å². The summed E-state index contributed by atoms with van der Waals surface area (Å²) in [5.74, 6) is -1.42. The van der Waals surface area contributed by atoms with Gasteiger partial charge in [-0.2, -0.15) is 13.2 Å². The molecule has 0 heterocycles. The number of alkyl halides is 3. The molecule has 14 heteroatoms. The third-order valence-corrected chi connectivity index (χ3v) is 11.3. The number of nitrogens with zero attached hydrogens (tertiary/aromatic N) is 1. The van der Waals surface area contributed by atoms with Gasteiger partial charge in [-0.1, -0.05) is 91.0 Å². The monoisotopic (exact) mass is 764 g/mol. The first-order valence-electron chi connectivity index (χ1n) is 16.2. The second-order valence-electron chi connectivity index (χ2n) is 12.1. The van der Waals surface area contributed by atoms with Crippen LogP contribution in [0.5, 0.6) is 0 Å². The standard InChI is InChI=1S/C39H35F3N2O7S2/c1-51-38(46)34(26-27-12-14-29(15-13-27)28-8-4-3-5-9-28)44(25-24-43-53(49,50)36-11-7-6-10-35(36)52(2,47)48)37(45)32-18-16-30(17-19-32)31-20-22-33(23-21-31)39(40,41)42/h3-23,34,43H,24-26H2,1-2H3/t34-/m0/s1. The van der Waals surface area contributed by atoms with Gasteiger partial charge in [-0.3, -0.25) is 4.79 Å². The average Bonchev–Trinajstić information content (AvgIpc) is 3.15. The molecule has 276 valence electrons. The van der Waals surface area contributed by atoms with Gasteiger partial charge in [0.25, 0.3) is 5.91 Å². The molecule has 0 bridgehead atoms. The lowest BCUT2D eigenvalue weighted by Gasteiger charge is -2.30. The molecule has 1 amide bonds. The van der Waals surface area contributed by atoms with Gasteiger partial charge in [-0.25, -0.2) is 26.4 Å². The molecule has 0 aliphatic carbocycles. The van der Waals surface area contributed by atoms with E-state index in [1.165, 1.54) is 54.5 Å². The number of carbonyl (C=O) groups excluding carboxylic acids is 2. The Hall–Kier alpha value is -5.31. The summed E-state index contributed by atoms with van der Waals surface area (Å²) in [4.78, 5) is 27.8. The van der Waals surface area contributed by atoms with Gasteiger partial charge in [0.15, 0.2) is 9.84 Å². The molecule has 0 spiro atoms. The normalized spacial score (nSPS) is 12.5. The highest BCUT2D eigenvalue weighted by molar-refractivity contribution is 7.93. The van der Waals surface area contributed by atoms with Crippen LogP contribution in [-0.4, -0.2) is 66.1 Å². The van der Waals surface area contributed by atoms with E-state index in [9.17, 15) is 39.6 Å². The van der Waals surface area contributed by atoms with Crippen molar-refractivity contribution in [3.05, 3.63) is 144 Å². The molecule has 0 saturated carbocycles. The summed E-state index contributed by atoms with van der Waals surface area (Å²) in [6, 6.07) is 31.4. The van der Waals surface area contributed by atoms with Gasteiger partial charge < -0.3 is 9.64 Å². The fraction of sp³-hybridized carbons (Fsp3) is 0.179. The topological polar surface area (TPSA) is 127 Å². The maximum atomic E-state index is 14.2. The number of hydrogen-bond acceptors (Lipinski definition) is 7. The summed E-state index contributed by atoms with van der Waals surface area (Å²) in [6.45, 7) is -0.738. The third kappa shape index (κ3) is 9.57. The lowest BCUT2D eigenvalue weighted by Crippen LogP contribution is -2.49. The van der Waals surface area contributed by atoms with Gasteiger partial charge in [0.1, 0.15) is 10.9 Å². The van der Waals surface area contributed by atoms with E-state index in [-0.39, 0.29) is 18.5 Å². The van der Waals surface area contributed by atoms with Crippen LogP contribution in [-0.2, 0) is 42.0 Å². The summed E-state index contributed by atoms with van der Waals surface area (Å²) in [7, 11) is -7.16. The van der Waals surface area contributed by atoms with E-state index in [4.69, 9.17) is 4.74 Å². The first kappa shape index (κ1) is 38.9. The van der Waals surface area contributed by atoms with Crippen LogP contribution in [0.3, 0.4) is 0 Å². The van der Waals surface area contributed by atoms with E-state index in [0.717, 1.165) is 35.6 Å². The van der Waals surface area contributed by atoms with Crippen molar-refractivity contribution in [1.82, 2.24) is 9.62 Å². The molecular weight excluding hydrogens is 730 g/mol. The number of amides is 1. The molecule has 0 radical (unpaired) electrons. The minimum absolute atomic E-state index is 0.000776. The van der Waals surface area contributed by atoms with Crippen molar-refractivity contribution in [2.45, 2.75) is 28.4 Å². The van der Waals surface area contributed by atoms with Gasteiger partial charge in [-0.15, -0.1) is 0 Å². The van der Waals surface area contributed by atoms with Gasteiger partial charge in [0, 0.05) is 31.3 Å². The number of benzene rings is 5. The number of halogens is 3. The van der Waals surface area contributed by atoms with Crippen LogP contribution in [0.1, 0.15) is 21.5 Å². The average molecular weight is 765 g/mol. The van der Waals surface area contributed by atoms with Crippen molar-refractivity contribution in [3.8, 4) is 22.3 Å².